The lowest BCUT2D eigenvalue weighted by atomic mass is 9.73. The number of carboxylic acid groups (broad SMARTS) is 3. The maximum absolute atomic E-state index is 14.3. The lowest BCUT2D eigenvalue weighted by Gasteiger charge is -2.40. The molecule has 0 radical (unpaired) electrons. The number of aliphatic carboxylic acids is 3. The fourth-order valence-electron chi connectivity index (χ4n) is 12.5. The minimum atomic E-state index is -3.19. The molecule has 0 bridgehead atoms. The van der Waals surface area contributed by atoms with Crippen LogP contribution in [-0.2, 0) is 49.6 Å². The normalized spacial score (nSPS) is 17.6. The predicted molar refractivity (Wildman–Crippen MR) is 354 cm³/mol. The van der Waals surface area contributed by atoms with Crippen LogP contribution in [-0.4, -0.2) is 269 Å². The number of fused-ring (bicyclic) bond motifs is 1. The molecule has 1 aromatic heterocycles. The van der Waals surface area contributed by atoms with Gasteiger partial charge in [0.25, 0.3) is 11.8 Å². The summed E-state index contributed by atoms with van der Waals surface area (Å²) >= 11 is 0. The molecule has 6 rings (SSSR count). The van der Waals surface area contributed by atoms with E-state index in [1.165, 1.54) is 12.3 Å². The molecule has 97 heavy (non-hydrogen) atoms. The van der Waals surface area contributed by atoms with Gasteiger partial charge in [-0.15, -0.1) is 0 Å². The third-order valence-corrected chi connectivity index (χ3v) is 17.7. The number of likely N-dealkylation sites (tertiary alicyclic amines) is 1. The molecule has 3 aromatic rings. The number of hydrogen-bond acceptors (Lipinski definition) is 18. The monoisotopic (exact) mass is 1360 g/mol. The molecule has 27 nitrogen and oxygen atoms in total. The number of nitrogens with one attached hydrogen (secondary N) is 4. The van der Waals surface area contributed by atoms with Gasteiger partial charge >= 0.3 is 17.9 Å². The van der Waals surface area contributed by atoms with Crippen LogP contribution in [0, 0.1) is 29.1 Å². The fraction of sp³-hybridized carbons (Fsp3) is 0.618. The molecule has 2 aromatic carbocycles. The summed E-state index contributed by atoms with van der Waals surface area (Å²) in [6, 6.07) is 14.0. The molecule has 0 unspecified atom stereocenters. The highest BCUT2D eigenvalue weighted by molar-refractivity contribution is 6.07. The Morgan fingerprint density at radius 1 is 0.691 bits per heavy atom. The van der Waals surface area contributed by atoms with Crippen molar-refractivity contribution in [1.82, 2.24) is 60.6 Å². The molecular formula is C68H97F2N13O14. The van der Waals surface area contributed by atoms with E-state index in [1.807, 2.05) is 19.1 Å². The van der Waals surface area contributed by atoms with Crippen LogP contribution >= 0.6 is 0 Å². The first-order valence-corrected chi connectivity index (χ1v) is 33.4. The molecule has 7 N–H and O–H groups in total. The van der Waals surface area contributed by atoms with Crippen LogP contribution in [0.5, 0.6) is 5.75 Å². The summed E-state index contributed by atoms with van der Waals surface area (Å²) in [5.41, 5.74) is 0.696. The smallest absolute Gasteiger partial charge is 0.317 e. The number of nitrogens with zero attached hydrogens (tertiary/aromatic N) is 9. The van der Waals surface area contributed by atoms with Gasteiger partial charge in [0.15, 0.2) is 0 Å². The summed E-state index contributed by atoms with van der Waals surface area (Å²) in [6.45, 7) is 11.0. The second-order valence-corrected chi connectivity index (χ2v) is 26.8. The molecule has 7 amide bonds. The Morgan fingerprint density at radius 3 is 1.87 bits per heavy atom. The van der Waals surface area contributed by atoms with Crippen molar-refractivity contribution in [2.24, 2.45) is 10.8 Å². The zero-order chi connectivity index (χ0) is 70.9. The zero-order valence-electron chi connectivity index (χ0n) is 56.6. The van der Waals surface area contributed by atoms with Crippen LogP contribution in [0.15, 0.2) is 54.7 Å². The molecular weight excluding hydrogens is 1260 g/mol. The van der Waals surface area contributed by atoms with Gasteiger partial charge in [0.05, 0.1) is 63.0 Å². The standard InChI is InChI=1S/C68H97F2N13O14/c1-48-15-17-49(18-16-48)12-11-14-56(84)73-22-8-6-7-13-55(75-57(85)42-78-25-27-79(43-59(87)88)29-31-81(45-61(91)92)32-30-80(28-26-78)44-60(89)90)63(94)76-64(95)66(2,3)46-67(4,5)65(96)82-35-33-77(34-36-82)24-9-10-37-97-51-19-20-54-53(38-51)52(21-23-72-54)62(93)74-41-58(86)83-47-68(69,70)39-50(83)40-71/h15-21,23,38,50,55H,6-14,22,24-37,39,41-47H2,1-5H3,(H,73,84)(H,74,93)(H,75,85)(H,87,88)(H,89,90)(H,91,92)(H,76,94,95)/t50-,55+/m1/s1. The Bertz CT molecular complexity index is 3220. The van der Waals surface area contributed by atoms with Crippen molar-refractivity contribution in [2.75, 3.05) is 138 Å². The number of alkyl halides is 2. The number of pyridine rings is 1. The molecule has 0 spiro atoms. The number of unbranched alkanes of at least 4 members (excludes halogenated alkanes) is 3. The van der Waals surface area contributed by atoms with E-state index >= 15 is 0 Å². The molecule has 29 heteroatoms. The minimum Gasteiger partial charge on any atom is -0.494 e. The number of carbonyl (C=O) groups excluding carboxylic acids is 7. The van der Waals surface area contributed by atoms with E-state index in [2.05, 4.69) is 43.3 Å². The van der Waals surface area contributed by atoms with E-state index in [9.17, 15) is 77.3 Å². The van der Waals surface area contributed by atoms with E-state index < -0.39 is 95.8 Å². The van der Waals surface area contributed by atoms with Gasteiger partial charge < -0.3 is 45.8 Å². The summed E-state index contributed by atoms with van der Waals surface area (Å²) in [7, 11) is 0. The highest BCUT2D eigenvalue weighted by atomic mass is 19.3. The van der Waals surface area contributed by atoms with E-state index in [4.69, 9.17) is 4.74 Å². The van der Waals surface area contributed by atoms with Gasteiger partial charge in [-0.05, 0) is 88.2 Å². The summed E-state index contributed by atoms with van der Waals surface area (Å²) in [4.78, 5) is 147. The summed E-state index contributed by atoms with van der Waals surface area (Å²) in [6.07, 6.45) is 5.70. The van der Waals surface area contributed by atoms with Gasteiger partial charge in [-0.25, -0.2) is 8.78 Å². The van der Waals surface area contributed by atoms with Gasteiger partial charge in [0.2, 0.25) is 35.4 Å². The number of piperazine rings is 1. The third-order valence-electron chi connectivity index (χ3n) is 17.7. The van der Waals surface area contributed by atoms with Crippen molar-refractivity contribution in [3.63, 3.8) is 0 Å². The average Bonchev–Trinajstić information content (AvgIpc) is 1.59. The SMILES string of the molecule is Cc1ccc(CCCC(=O)NCCCCC[C@H](NC(=O)CN2CCN(CC(=O)O)CCN(CC(=O)O)CCN(CC(=O)O)CC2)C(=O)NC(=O)C(C)(C)CC(C)(C)C(=O)N2CCN(CCCCOc3ccc4nccc(C(=O)NCC(=O)N5CC(F)(F)C[C@@H]5C#N)c4c3)CC2)cc1. The number of hydrogen-bond donors (Lipinski definition) is 7. The summed E-state index contributed by atoms with van der Waals surface area (Å²) in [5, 5.41) is 49.5. The molecule has 3 aliphatic heterocycles. The maximum Gasteiger partial charge on any atom is 0.317 e. The molecule has 0 saturated carbocycles. The Kier molecular flexibility index (Phi) is 30.0. The number of aryl methyl sites for hydroxylation is 2. The van der Waals surface area contributed by atoms with Gasteiger partial charge in [-0.1, -0.05) is 70.4 Å². The first-order valence-electron chi connectivity index (χ1n) is 33.4. The number of carboxylic acids is 3. The molecule has 4 heterocycles. The highest BCUT2D eigenvalue weighted by Gasteiger charge is 2.47. The van der Waals surface area contributed by atoms with Gasteiger partial charge in [0, 0.05) is 120 Å². The van der Waals surface area contributed by atoms with Crippen molar-refractivity contribution in [3.8, 4) is 11.8 Å². The molecule has 3 saturated heterocycles. The molecule has 3 aliphatic rings. The Morgan fingerprint density at radius 2 is 1.28 bits per heavy atom. The topological polar surface area (TPSA) is 348 Å². The largest absolute Gasteiger partial charge is 0.494 e. The van der Waals surface area contributed by atoms with Crippen LogP contribution in [0.25, 0.3) is 10.9 Å². The van der Waals surface area contributed by atoms with Crippen LogP contribution < -0.4 is 26.0 Å². The lowest BCUT2D eigenvalue weighted by molar-refractivity contribution is -0.146. The van der Waals surface area contributed by atoms with Crippen molar-refractivity contribution in [3.05, 3.63) is 71.4 Å². The van der Waals surface area contributed by atoms with E-state index in [0.29, 0.717) is 94.5 Å². The first kappa shape index (κ1) is 77.7. The van der Waals surface area contributed by atoms with E-state index in [0.717, 1.165) is 35.4 Å². The summed E-state index contributed by atoms with van der Waals surface area (Å²) in [5.74, 6) is -9.64. The minimum absolute atomic E-state index is 0.0651. The van der Waals surface area contributed by atoms with Gasteiger partial charge in [-0.3, -0.25) is 82.7 Å². The molecule has 532 valence electrons. The lowest BCUT2D eigenvalue weighted by Crippen LogP contribution is -2.55. The van der Waals surface area contributed by atoms with E-state index in [-0.39, 0.29) is 109 Å². The van der Waals surface area contributed by atoms with Crippen LogP contribution in [0.2, 0.25) is 0 Å². The molecule has 0 aliphatic carbocycles. The maximum atomic E-state index is 14.3. The Labute approximate surface area is 565 Å². The molecule has 2 atom stereocenters. The number of amides is 7. The van der Waals surface area contributed by atoms with Crippen molar-refractivity contribution < 1.29 is 76.8 Å². The second kappa shape index (κ2) is 37.4. The average molecular weight is 1360 g/mol. The Hall–Kier alpha value is -8.30. The molecule has 3 fully saturated rings. The second-order valence-electron chi connectivity index (χ2n) is 26.8. The number of rotatable bonds is 33. The predicted octanol–water partition coefficient (Wildman–Crippen LogP) is 3.08. The van der Waals surface area contributed by atoms with Crippen LogP contribution in [0.4, 0.5) is 8.78 Å². The number of nitriles is 1. The van der Waals surface area contributed by atoms with Gasteiger partial charge in [0.1, 0.15) is 17.8 Å². The highest BCUT2D eigenvalue weighted by Crippen LogP contribution is 2.36. The van der Waals surface area contributed by atoms with Crippen molar-refractivity contribution in [2.45, 2.75) is 123 Å². The van der Waals surface area contributed by atoms with E-state index in [1.54, 1.807) is 76.5 Å². The number of carbonyl (C=O) groups is 10. The fourth-order valence-corrected chi connectivity index (χ4v) is 12.5. The van der Waals surface area contributed by atoms with Crippen LogP contribution in [0.3, 0.4) is 0 Å². The number of benzene rings is 2. The van der Waals surface area contributed by atoms with Crippen molar-refractivity contribution in [1.29, 1.82) is 5.26 Å². The summed E-state index contributed by atoms with van der Waals surface area (Å²) < 4.78 is 33.9. The van der Waals surface area contributed by atoms with Gasteiger partial charge in [-0.2, -0.15) is 5.26 Å². The number of halogens is 2. The third kappa shape index (κ3) is 26.2. The van der Waals surface area contributed by atoms with Crippen LogP contribution in [0.1, 0.15) is 113 Å². The number of aromatic nitrogens is 1. The number of imide groups is 1. The Balaban J connectivity index is 0.994. The first-order chi connectivity index (χ1) is 46.0. The quantitative estimate of drug-likeness (QED) is 0.0431. The zero-order valence-corrected chi connectivity index (χ0v) is 56.6. The number of ether oxygens (including phenoxy) is 1. The van der Waals surface area contributed by atoms with Crippen molar-refractivity contribution >= 4 is 70.2 Å².